The van der Waals surface area contributed by atoms with E-state index in [0.717, 1.165) is 64.9 Å². The molecule has 2 saturated heterocycles. The zero-order valence-corrected chi connectivity index (χ0v) is 21.3. The minimum Gasteiger partial charge on any atom is -0.368 e. The van der Waals surface area contributed by atoms with E-state index >= 15 is 0 Å². The maximum Gasteiger partial charge on any atom is 0.252 e. The summed E-state index contributed by atoms with van der Waals surface area (Å²) in [5, 5.41) is 13.1. The van der Waals surface area contributed by atoms with Crippen LogP contribution in [0.1, 0.15) is 47.2 Å². The average molecular weight is 494 g/mol. The summed E-state index contributed by atoms with van der Waals surface area (Å²) in [5.41, 5.74) is 5.26. The van der Waals surface area contributed by atoms with Gasteiger partial charge in [-0.2, -0.15) is 15.0 Å². The summed E-state index contributed by atoms with van der Waals surface area (Å²) < 4.78 is 0. The molecule has 4 aromatic rings. The molecule has 4 heterocycles. The predicted octanol–water partition coefficient (Wildman–Crippen LogP) is 3.83. The van der Waals surface area contributed by atoms with Crippen LogP contribution in [-0.4, -0.2) is 63.0 Å². The maximum absolute atomic E-state index is 13.8. The molecule has 2 unspecified atom stereocenters. The van der Waals surface area contributed by atoms with E-state index < -0.39 is 5.54 Å². The Kier molecular flexibility index (Phi) is 5.08. The number of nitrogens with one attached hydrogen (secondary N) is 1. The first-order valence-corrected chi connectivity index (χ1v) is 13.2. The Morgan fingerprint density at radius 2 is 1.73 bits per heavy atom. The van der Waals surface area contributed by atoms with Gasteiger partial charge < -0.3 is 10.2 Å². The van der Waals surface area contributed by atoms with E-state index in [0.29, 0.717) is 12.1 Å². The Morgan fingerprint density at radius 3 is 2.46 bits per heavy atom. The molecule has 3 fully saturated rings. The van der Waals surface area contributed by atoms with Crippen molar-refractivity contribution in [2.24, 2.45) is 0 Å². The molecular weight excluding hydrogens is 462 g/mol. The van der Waals surface area contributed by atoms with Crippen molar-refractivity contribution in [3.05, 3.63) is 77.7 Å². The van der Waals surface area contributed by atoms with Gasteiger partial charge in [0.05, 0.1) is 29.1 Å². The smallest absolute Gasteiger partial charge is 0.252 e. The first kappa shape index (κ1) is 22.4. The van der Waals surface area contributed by atoms with E-state index in [2.05, 4.69) is 67.7 Å². The number of likely N-dealkylation sites (N-methyl/N-ethyl adjacent to an activating group) is 1. The van der Waals surface area contributed by atoms with Gasteiger partial charge in [-0.15, -0.1) is 0 Å². The summed E-state index contributed by atoms with van der Waals surface area (Å²) in [6.07, 6.45) is 9.42. The van der Waals surface area contributed by atoms with Crippen LogP contribution in [-0.2, 0) is 5.54 Å². The second kappa shape index (κ2) is 8.38. The molecule has 0 radical (unpaired) electrons. The zero-order valence-electron chi connectivity index (χ0n) is 21.3. The van der Waals surface area contributed by atoms with E-state index in [1.165, 1.54) is 12.8 Å². The molecule has 1 amide bonds. The lowest BCUT2D eigenvalue weighted by Crippen LogP contribution is -2.52. The van der Waals surface area contributed by atoms with Crippen molar-refractivity contribution in [2.45, 2.75) is 50.2 Å². The van der Waals surface area contributed by atoms with Crippen LogP contribution in [0.5, 0.6) is 0 Å². The lowest BCUT2D eigenvalue weighted by Gasteiger charge is -2.40. The first-order chi connectivity index (χ1) is 18.0. The van der Waals surface area contributed by atoms with Gasteiger partial charge >= 0.3 is 0 Å². The molecule has 7 rings (SSSR count). The number of carbonyl (C=O) groups is 1. The van der Waals surface area contributed by atoms with Crippen molar-refractivity contribution in [1.29, 1.82) is 0 Å². The number of aryl methyl sites for hydroxylation is 1. The van der Waals surface area contributed by atoms with E-state index in [-0.39, 0.29) is 5.91 Å². The van der Waals surface area contributed by atoms with Gasteiger partial charge in [0.25, 0.3) is 5.91 Å². The summed E-state index contributed by atoms with van der Waals surface area (Å²) >= 11 is 0. The third-order valence-corrected chi connectivity index (χ3v) is 8.65. The van der Waals surface area contributed by atoms with Gasteiger partial charge in [0, 0.05) is 48.0 Å². The Labute approximate surface area is 216 Å². The van der Waals surface area contributed by atoms with Crippen LogP contribution in [0.2, 0.25) is 0 Å². The lowest BCUT2D eigenvalue weighted by atomic mass is 9.97. The van der Waals surface area contributed by atoms with Gasteiger partial charge in [-0.3, -0.25) is 14.7 Å². The highest BCUT2D eigenvalue weighted by Crippen LogP contribution is 2.48. The highest BCUT2D eigenvalue weighted by Gasteiger charge is 2.47. The van der Waals surface area contributed by atoms with Gasteiger partial charge in [-0.25, -0.2) is 0 Å². The van der Waals surface area contributed by atoms with Crippen molar-refractivity contribution < 1.29 is 4.79 Å². The fourth-order valence-electron chi connectivity index (χ4n) is 6.28. The number of rotatable bonds is 5. The van der Waals surface area contributed by atoms with Crippen molar-refractivity contribution in [1.82, 2.24) is 30.2 Å². The van der Waals surface area contributed by atoms with Crippen molar-refractivity contribution >= 4 is 22.5 Å². The molecular formula is C29H31N7O. The van der Waals surface area contributed by atoms with Crippen LogP contribution in [0.4, 0.5) is 5.69 Å². The second-order valence-corrected chi connectivity index (χ2v) is 10.9. The molecule has 1 N–H and O–H groups in total. The molecule has 1 saturated carbocycles. The van der Waals surface area contributed by atoms with Crippen LogP contribution >= 0.6 is 0 Å². The minimum atomic E-state index is -0.420. The molecule has 8 heteroatoms. The van der Waals surface area contributed by atoms with E-state index in [1.807, 2.05) is 19.1 Å². The molecule has 2 aromatic heterocycles. The van der Waals surface area contributed by atoms with Crippen molar-refractivity contribution in [3.8, 4) is 5.69 Å². The van der Waals surface area contributed by atoms with Crippen molar-refractivity contribution in [2.75, 3.05) is 25.0 Å². The van der Waals surface area contributed by atoms with Crippen LogP contribution in [0.25, 0.3) is 16.6 Å². The van der Waals surface area contributed by atoms with Crippen LogP contribution in [0.3, 0.4) is 0 Å². The van der Waals surface area contributed by atoms with Crippen LogP contribution < -0.4 is 10.2 Å². The number of fused-ring (bicyclic) bond motifs is 3. The Bertz CT molecular complexity index is 1480. The Hall–Kier alpha value is -3.78. The zero-order chi connectivity index (χ0) is 25.1. The van der Waals surface area contributed by atoms with E-state index in [4.69, 9.17) is 0 Å². The molecule has 188 valence electrons. The van der Waals surface area contributed by atoms with Crippen molar-refractivity contribution in [3.63, 3.8) is 0 Å². The summed E-state index contributed by atoms with van der Waals surface area (Å²) in [6.45, 7) is 4.07. The number of anilines is 1. The number of amides is 1. The molecule has 37 heavy (non-hydrogen) atoms. The van der Waals surface area contributed by atoms with Gasteiger partial charge in [0.2, 0.25) is 0 Å². The third kappa shape index (κ3) is 3.78. The van der Waals surface area contributed by atoms with E-state index in [1.54, 1.807) is 23.4 Å². The summed E-state index contributed by atoms with van der Waals surface area (Å²) in [5.74, 6) is -0.0198. The standard InChI is InChI=1S/C29H31N7O/c1-19-5-6-20(35-17-21-7-8-22(18-35)34(21)2)14-25(19)28(37)33-29(9-10-29)26-15-23(36-31-12-13-32-36)16-27-24(26)4-3-11-30-27/h3-6,11-16,21-22H,7-10,17-18H2,1-2H3,(H,33,37). The number of hydrogen-bond donors (Lipinski definition) is 1. The van der Waals surface area contributed by atoms with Gasteiger partial charge in [-0.05, 0) is 81.1 Å². The number of hydrogen-bond acceptors (Lipinski definition) is 6. The molecule has 2 aromatic carbocycles. The number of aromatic nitrogens is 4. The summed E-state index contributed by atoms with van der Waals surface area (Å²) in [7, 11) is 2.25. The van der Waals surface area contributed by atoms with Gasteiger partial charge in [0.1, 0.15) is 0 Å². The quantitative estimate of drug-likeness (QED) is 0.455. The lowest BCUT2D eigenvalue weighted by molar-refractivity contribution is 0.0930. The molecule has 2 aliphatic heterocycles. The van der Waals surface area contributed by atoms with Gasteiger partial charge in [0.15, 0.2) is 0 Å². The monoisotopic (exact) mass is 493 g/mol. The number of carbonyl (C=O) groups excluding carboxylic acids is 1. The predicted molar refractivity (Wildman–Crippen MR) is 143 cm³/mol. The third-order valence-electron chi connectivity index (χ3n) is 8.65. The largest absolute Gasteiger partial charge is 0.368 e. The number of piperazine rings is 1. The fourth-order valence-corrected chi connectivity index (χ4v) is 6.28. The number of nitrogens with zero attached hydrogens (tertiary/aromatic N) is 6. The molecule has 2 atom stereocenters. The average Bonchev–Trinajstić information content (AvgIpc) is 3.41. The SMILES string of the molecule is Cc1ccc(N2CC3CCC(C2)N3C)cc1C(=O)NC1(c2cc(-n3nccn3)cc3ncccc23)CC1. The topological polar surface area (TPSA) is 79.2 Å². The minimum absolute atomic E-state index is 0.0198. The van der Waals surface area contributed by atoms with Gasteiger partial charge in [-0.1, -0.05) is 12.1 Å². The Balaban J connectivity index is 1.21. The second-order valence-electron chi connectivity index (χ2n) is 10.9. The number of benzene rings is 2. The summed E-state index contributed by atoms with van der Waals surface area (Å²) in [6, 6.07) is 15.7. The molecule has 0 spiro atoms. The highest BCUT2D eigenvalue weighted by atomic mass is 16.1. The van der Waals surface area contributed by atoms with E-state index in [9.17, 15) is 4.79 Å². The fraction of sp³-hybridized carbons (Fsp3) is 0.379. The molecule has 1 aliphatic carbocycles. The van der Waals surface area contributed by atoms with Crippen LogP contribution in [0, 0.1) is 6.92 Å². The highest BCUT2D eigenvalue weighted by molar-refractivity contribution is 5.98. The first-order valence-electron chi connectivity index (χ1n) is 13.2. The van der Waals surface area contributed by atoms with Crippen LogP contribution in [0.15, 0.2) is 61.1 Å². The summed E-state index contributed by atoms with van der Waals surface area (Å²) in [4.78, 5) is 25.0. The molecule has 2 bridgehead atoms. The normalized spacial score (nSPS) is 22.4. The molecule has 3 aliphatic rings. The maximum atomic E-state index is 13.8. The number of pyridine rings is 1. The molecule has 8 nitrogen and oxygen atoms in total. The Morgan fingerprint density at radius 1 is 0.973 bits per heavy atom.